The van der Waals surface area contributed by atoms with Gasteiger partial charge in [0.2, 0.25) is 0 Å². The molecule has 4 atom stereocenters. The number of aliphatic hydroxyl groups is 4. The van der Waals surface area contributed by atoms with Crippen molar-refractivity contribution >= 4 is 0 Å². The highest BCUT2D eigenvalue weighted by molar-refractivity contribution is 4.86. The zero-order valence-electron chi connectivity index (χ0n) is 5.51. The van der Waals surface area contributed by atoms with Gasteiger partial charge < -0.3 is 20.4 Å². The van der Waals surface area contributed by atoms with Gasteiger partial charge in [0.15, 0.2) is 0 Å². The Balaban J connectivity index is 2.52. The van der Waals surface area contributed by atoms with E-state index in [1.165, 1.54) is 0 Å². The lowest BCUT2D eigenvalue weighted by Gasteiger charge is -2.31. The first-order chi connectivity index (χ1) is 4.63. The van der Waals surface area contributed by atoms with Crippen molar-refractivity contribution in [3.05, 3.63) is 0 Å². The lowest BCUT2D eigenvalue weighted by molar-refractivity contribution is -0.135. The summed E-state index contributed by atoms with van der Waals surface area (Å²) in [6, 6.07) is 0. The van der Waals surface area contributed by atoms with Crippen LogP contribution in [0.15, 0.2) is 0 Å². The van der Waals surface area contributed by atoms with E-state index in [9.17, 15) is 0 Å². The number of hydrogen-bond acceptors (Lipinski definition) is 4. The maximum atomic E-state index is 8.96. The quantitative estimate of drug-likeness (QED) is 0.327. The van der Waals surface area contributed by atoms with Crippen molar-refractivity contribution in [2.45, 2.75) is 37.3 Å². The van der Waals surface area contributed by atoms with Gasteiger partial charge in [0.25, 0.3) is 0 Å². The first-order valence-corrected chi connectivity index (χ1v) is 3.35. The molecule has 1 fully saturated rings. The van der Waals surface area contributed by atoms with Crippen molar-refractivity contribution in [2.24, 2.45) is 0 Å². The van der Waals surface area contributed by atoms with Crippen LogP contribution in [0.25, 0.3) is 0 Å². The van der Waals surface area contributed by atoms with Crippen LogP contribution in [0.1, 0.15) is 12.8 Å². The zero-order chi connectivity index (χ0) is 7.72. The normalized spacial score (nSPS) is 49.2. The molecule has 0 saturated heterocycles. The van der Waals surface area contributed by atoms with Gasteiger partial charge in [-0.2, -0.15) is 0 Å². The molecule has 4 N–H and O–H groups in total. The summed E-state index contributed by atoms with van der Waals surface area (Å²) in [5.41, 5.74) is 0. The highest BCUT2D eigenvalue weighted by atomic mass is 16.4. The summed E-state index contributed by atoms with van der Waals surface area (Å²) >= 11 is 0. The lowest BCUT2D eigenvalue weighted by Crippen LogP contribution is -2.48. The van der Waals surface area contributed by atoms with E-state index in [1.807, 2.05) is 0 Å². The van der Waals surface area contributed by atoms with Crippen LogP contribution >= 0.6 is 0 Å². The molecule has 0 unspecified atom stereocenters. The first kappa shape index (κ1) is 7.94. The van der Waals surface area contributed by atoms with Gasteiger partial charge in [-0.15, -0.1) is 0 Å². The molecule has 4 heteroatoms. The molecule has 10 heavy (non-hydrogen) atoms. The molecule has 1 saturated carbocycles. The van der Waals surface area contributed by atoms with Crippen molar-refractivity contribution in [3.8, 4) is 0 Å². The van der Waals surface area contributed by atoms with Gasteiger partial charge in [-0.1, -0.05) is 0 Å². The van der Waals surface area contributed by atoms with Crippen molar-refractivity contribution in [3.63, 3.8) is 0 Å². The molecular weight excluding hydrogens is 136 g/mol. The predicted octanol–water partition coefficient (Wildman–Crippen LogP) is -1.78. The molecule has 0 aliphatic heterocycles. The second kappa shape index (κ2) is 2.84. The van der Waals surface area contributed by atoms with Crippen LogP contribution in [0.5, 0.6) is 0 Å². The summed E-state index contributed by atoms with van der Waals surface area (Å²) < 4.78 is 0. The average Bonchev–Trinajstić information content (AvgIpc) is 1.93. The predicted molar refractivity (Wildman–Crippen MR) is 33.3 cm³/mol. The molecule has 0 spiro atoms. The van der Waals surface area contributed by atoms with E-state index < -0.39 is 24.4 Å². The Labute approximate surface area is 58.7 Å². The van der Waals surface area contributed by atoms with Crippen molar-refractivity contribution in [1.82, 2.24) is 0 Å². The largest absolute Gasteiger partial charge is 0.390 e. The lowest BCUT2D eigenvalue weighted by atomic mass is 9.90. The maximum absolute atomic E-state index is 8.96. The van der Waals surface area contributed by atoms with Gasteiger partial charge in [0, 0.05) is 0 Å². The molecule has 0 aromatic carbocycles. The Hall–Kier alpha value is -0.160. The van der Waals surface area contributed by atoms with E-state index in [2.05, 4.69) is 0 Å². The third-order valence-corrected chi connectivity index (χ3v) is 1.90. The van der Waals surface area contributed by atoms with E-state index in [0.29, 0.717) is 12.8 Å². The van der Waals surface area contributed by atoms with Gasteiger partial charge in [-0.25, -0.2) is 0 Å². The Kier molecular flexibility index (Phi) is 2.25. The molecule has 0 aromatic heterocycles. The van der Waals surface area contributed by atoms with Crippen LogP contribution < -0.4 is 0 Å². The van der Waals surface area contributed by atoms with E-state index >= 15 is 0 Å². The van der Waals surface area contributed by atoms with Gasteiger partial charge in [0.1, 0.15) is 12.2 Å². The summed E-state index contributed by atoms with van der Waals surface area (Å²) in [4.78, 5) is 0. The number of rotatable bonds is 0. The first-order valence-electron chi connectivity index (χ1n) is 3.35. The molecule has 60 valence electrons. The average molecular weight is 148 g/mol. The highest BCUT2D eigenvalue weighted by Crippen LogP contribution is 2.19. The van der Waals surface area contributed by atoms with Crippen LogP contribution in [0.3, 0.4) is 0 Å². The molecule has 1 aliphatic rings. The van der Waals surface area contributed by atoms with Crippen LogP contribution in [0, 0.1) is 0 Å². The second-order valence-corrected chi connectivity index (χ2v) is 2.69. The van der Waals surface area contributed by atoms with Crippen molar-refractivity contribution in [2.75, 3.05) is 0 Å². The van der Waals surface area contributed by atoms with Gasteiger partial charge >= 0.3 is 0 Å². The Morgan fingerprint density at radius 1 is 0.700 bits per heavy atom. The molecular formula is C6H12O4. The Morgan fingerprint density at radius 3 is 1.30 bits per heavy atom. The maximum Gasteiger partial charge on any atom is 0.108 e. The minimum Gasteiger partial charge on any atom is -0.390 e. The highest BCUT2D eigenvalue weighted by Gasteiger charge is 2.34. The Morgan fingerprint density at radius 2 is 1.00 bits per heavy atom. The fourth-order valence-corrected chi connectivity index (χ4v) is 1.14. The third-order valence-electron chi connectivity index (χ3n) is 1.90. The summed E-state index contributed by atoms with van der Waals surface area (Å²) in [5, 5.41) is 35.8. The molecule has 1 rings (SSSR count). The second-order valence-electron chi connectivity index (χ2n) is 2.69. The summed E-state index contributed by atoms with van der Waals surface area (Å²) in [7, 11) is 0. The van der Waals surface area contributed by atoms with Gasteiger partial charge in [0.05, 0.1) is 12.2 Å². The van der Waals surface area contributed by atoms with Crippen LogP contribution in [0.4, 0.5) is 0 Å². The van der Waals surface area contributed by atoms with Crippen LogP contribution in [-0.4, -0.2) is 44.8 Å². The Bertz CT molecular complexity index is 102. The molecule has 0 bridgehead atoms. The zero-order valence-corrected chi connectivity index (χ0v) is 5.51. The van der Waals surface area contributed by atoms with E-state index in [0.717, 1.165) is 0 Å². The SMILES string of the molecule is O[C@@H]1[C@H](O)[C@H](O)CC[C@@H]1O. The van der Waals surface area contributed by atoms with Gasteiger partial charge in [-0.05, 0) is 12.8 Å². The van der Waals surface area contributed by atoms with Crippen LogP contribution in [0.2, 0.25) is 0 Å². The van der Waals surface area contributed by atoms with Crippen molar-refractivity contribution in [1.29, 1.82) is 0 Å². The number of hydrogen-bond donors (Lipinski definition) is 4. The molecule has 0 amide bonds. The van der Waals surface area contributed by atoms with Crippen molar-refractivity contribution < 1.29 is 20.4 Å². The smallest absolute Gasteiger partial charge is 0.108 e. The van der Waals surface area contributed by atoms with Crippen LogP contribution in [-0.2, 0) is 0 Å². The molecule has 0 radical (unpaired) electrons. The monoisotopic (exact) mass is 148 g/mol. The summed E-state index contributed by atoms with van der Waals surface area (Å²) in [5.74, 6) is 0. The fourth-order valence-electron chi connectivity index (χ4n) is 1.14. The molecule has 0 heterocycles. The summed E-state index contributed by atoms with van der Waals surface area (Å²) in [6.45, 7) is 0. The standard InChI is InChI=1S/C6H12O4/c7-3-1-2-4(8)6(10)5(3)9/h3-10H,1-2H2/t3-,4+,5-,6+. The third kappa shape index (κ3) is 1.29. The van der Waals surface area contributed by atoms with E-state index in [4.69, 9.17) is 20.4 Å². The molecule has 0 aromatic rings. The summed E-state index contributed by atoms with van der Waals surface area (Å²) in [6.07, 6.45) is -3.47. The van der Waals surface area contributed by atoms with Gasteiger partial charge in [-0.3, -0.25) is 0 Å². The topological polar surface area (TPSA) is 80.9 Å². The number of aliphatic hydroxyl groups excluding tert-OH is 4. The minimum atomic E-state index is -1.19. The molecule has 4 nitrogen and oxygen atoms in total. The molecule has 1 aliphatic carbocycles. The minimum absolute atomic E-state index is 0.347. The van der Waals surface area contributed by atoms with E-state index in [1.54, 1.807) is 0 Å². The van der Waals surface area contributed by atoms with E-state index in [-0.39, 0.29) is 0 Å². The fraction of sp³-hybridized carbons (Fsp3) is 1.00.